The number of nitrogens with zero attached hydrogens (tertiary/aromatic N) is 3. The molecule has 0 aliphatic rings. The first kappa shape index (κ1) is 27.8. The minimum Gasteiger partial charge on any atom is -0.386 e. The van der Waals surface area contributed by atoms with Crippen molar-refractivity contribution in [3.05, 3.63) is 72.0 Å². The van der Waals surface area contributed by atoms with E-state index < -0.39 is 30.5 Å². The smallest absolute Gasteiger partial charge is 0.386 e. The predicted molar refractivity (Wildman–Crippen MR) is 125 cm³/mol. The molecule has 1 unspecified atom stereocenters. The lowest BCUT2D eigenvalue weighted by Crippen LogP contribution is -2.29. The van der Waals surface area contributed by atoms with Crippen molar-refractivity contribution in [1.29, 1.82) is 0 Å². The van der Waals surface area contributed by atoms with Crippen molar-refractivity contribution in [2.24, 2.45) is 5.92 Å². The van der Waals surface area contributed by atoms with Crippen LogP contribution in [0.5, 0.6) is 0 Å². The normalized spacial score (nSPS) is 12.2. The molecule has 198 valence electrons. The number of halogens is 3. The van der Waals surface area contributed by atoms with Gasteiger partial charge in [-0.15, -0.1) is 0 Å². The fourth-order valence-electron chi connectivity index (χ4n) is 3.36. The van der Waals surface area contributed by atoms with E-state index in [9.17, 15) is 22.8 Å². The summed E-state index contributed by atoms with van der Waals surface area (Å²) < 4.78 is 52.1. The van der Waals surface area contributed by atoms with E-state index >= 15 is 0 Å². The van der Waals surface area contributed by atoms with Gasteiger partial charge in [0.1, 0.15) is 5.82 Å². The second-order valence-electron chi connectivity index (χ2n) is 8.24. The summed E-state index contributed by atoms with van der Waals surface area (Å²) in [7, 11) is 0. The van der Waals surface area contributed by atoms with Crippen LogP contribution in [0.25, 0.3) is 0 Å². The Hall–Kier alpha value is -3.80. The minimum absolute atomic E-state index is 0.00110. The van der Waals surface area contributed by atoms with Crippen molar-refractivity contribution in [2.45, 2.75) is 44.9 Å². The molecular formula is C25H27F3N4O5. The molecule has 0 amide bonds. The second-order valence-corrected chi connectivity index (χ2v) is 8.24. The predicted octanol–water partition coefficient (Wildman–Crippen LogP) is 4.30. The van der Waals surface area contributed by atoms with Gasteiger partial charge in [0.25, 0.3) is 0 Å². The molecule has 2 aromatic heterocycles. The van der Waals surface area contributed by atoms with Gasteiger partial charge in [-0.1, -0.05) is 41.6 Å². The van der Waals surface area contributed by atoms with Crippen LogP contribution in [0.1, 0.15) is 36.5 Å². The van der Waals surface area contributed by atoms with Crippen LogP contribution >= 0.6 is 0 Å². The number of aryl methyl sites for hydroxylation is 1. The van der Waals surface area contributed by atoms with Gasteiger partial charge in [0, 0.05) is 31.5 Å². The van der Waals surface area contributed by atoms with Crippen LogP contribution in [-0.2, 0) is 38.5 Å². The standard InChI is InChI=1S/C25H27F3N4O5/c26-25(27,28)24(34)36-23(33)15-19(17-35-16-18-8-2-1-3-9-18)14-22-31-21(32-37-22)11-5-7-13-30-20-10-4-6-12-29-20/h1-4,6,8-10,12,19H,5,7,11,13-17H2,(H,29,30). The van der Waals surface area contributed by atoms with E-state index in [0.717, 1.165) is 30.8 Å². The number of alkyl halides is 3. The molecule has 0 fully saturated rings. The van der Waals surface area contributed by atoms with Gasteiger partial charge in [-0.25, -0.2) is 9.78 Å². The molecule has 12 heteroatoms. The molecular weight excluding hydrogens is 493 g/mol. The molecule has 0 spiro atoms. The highest BCUT2D eigenvalue weighted by Gasteiger charge is 2.42. The quantitative estimate of drug-likeness (QED) is 0.189. The molecule has 2 heterocycles. The number of aromatic nitrogens is 3. The zero-order valence-corrected chi connectivity index (χ0v) is 19.9. The Morgan fingerprint density at radius 1 is 1.05 bits per heavy atom. The van der Waals surface area contributed by atoms with Crippen molar-refractivity contribution in [3.8, 4) is 0 Å². The van der Waals surface area contributed by atoms with E-state index in [1.54, 1.807) is 6.20 Å². The molecule has 0 saturated carbocycles. The number of hydrogen-bond donors (Lipinski definition) is 1. The van der Waals surface area contributed by atoms with Crippen LogP contribution in [-0.4, -0.2) is 46.4 Å². The van der Waals surface area contributed by atoms with Crippen molar-refractivity contribution in [2.75, 3.05) is 18.5 Å². The summed E-state index contributed by atoms with van der Waals surface area (Å²) in [6.45, 7) is 0.956. The number of nitrogens with one attached hydrogen (secondary N) is 1. The first-order valence-corrected chi connectivity index (χ1v) is 11.7. The number of pyridine rings is 1. The maximum atomic E-state index is 12.4. The van der Waals surface area contributed by atoms with Gasteiger partial charge in [0.2, 0.25) is 5.89 Å². The zero-order chi connectivity index (χ0) is 26.5. The number of hydrogen-bond acceptors (Lipinski definition) is 9. The number of esters is 2. The number of rotatable bonds is 14. The summed E-state index contributed by atoms with van der Waals surface area (Å²) >= 11 is 0. The van der Waals surface area contributed by atoms with E-state index in [4.69, 9.17) is 9.26 Å². The van der Waals surface area contributed by atoms with Gasteiger partial charge in [-0.3, -0.25) is 4.79 Å². The first-order chi connectivity index (χ1) is 17.8. The highest BCUT2D eigenvalue weighted by molar-refractivity contribution is 5.88. The highest BCUT2D eigenvalue weighted by Crippen LogP contribution is 2.19. The molecule has 0 radical (unpaired) electrons. The number of anilines is 1. The van der Waals surface area contributed by atoms with Gasteiger partial charge in [0.15, 0.2) is 5.82 Å². The molecule has 3 rings (SSSR count). The molecule has 9 nitrogen and oxygen atoms in total. The number of benzene rings is 1. The molecule has 1 N–H and O–H groups in total. The topological polar surface area (TPSA) is 116 Å². The SMILES string of the molecule is O=C(CC(COCc1ccccc1)Cc1nc(CCCCNc2ccccn2)no1)OC(=O)C(F)(F)F. The average molecular weight is 521 g/mol. The molecule has 37 heavy (non-hydrogen) atoms. The molecule has 0 aliphatic carbocycles. The maximum Gasteiger partial charge on any atom is 0.491 e. The Morgan fingerprint density at radius 2 is 1.84 bits per heavy atom. The Morgan fingerprint density at radius 3 is 2.57 bits per heavy atom. The van der Waals surface area contributed by atoms with E-state index in [1.807, 2.05) is 48.5 Å². The van der Waals surface area contributed by atoms with Crippen molar-refractivity contribution in [1.82, 2.24) is 15.1 Å². The Kier molecular flexibility index (Phi) is 10.6. The monoisotopic (exact) mass is 520 g/mol. The van der Waals surface area contributed by atoms with E-state index in [1.165, 1.54) is 0 Å². The third-order valence-electron chi connectivity index (χ3n) is 5.13. The van der Waals surface area contributed by atoms with Gasteiger partial charge in [-0.2, -0.15) is 18.2 Å². The minimum atomic E-state index is -5.26. The summed E-state index contributed by atoms with van der Waals surface area (Å²) in [5.74, 6) is -3.03. The fraction of sp³-hybridized carbons (Fsp3) is 0.400. The van der Waals surface area contributed by atoms with Gasteiger partial charge in [0.05, 0.1) is 19.6 Å². The largest absolute Gasteiger partial charge is 0.491 e. The lowest BCUT2D eigenvalue weighted by atomic mass is 10.0. The Labute approximate surface area is 211 Å². The summed E-state index contributed by atoms with van der Waals surface area (Å²) in [6.07, 6.45) is -1.79. The number of carbonyl (C=O) groups is 2. The van der Waals surface area contributed by atoms with Crippen molar-refractivity contribution >= 4 is 17.8 Å². The van der Waals surface area contributed by atoms with Crippen LogP contribution in [0, 0.1) is 5.92 Å². The van der Waals surface area contributed by atoms with Crippen LogP contribution in [0.2, 0.25) is 0 Å². The Balaban J connectivity index is 1.49. The summed E-state index contributed by atoms with van der Waals surface area (Å²) in [5.41, 5.74) is 0.883. The van der Waals surface area contributed by atoms with Crippen LogP contribution in [0.4, 0.5) is 19.0 Å². The summed E-state index contributed by atoms with van der Waals surface area (Å²) in [6, 6.07) is 14.8. The van der Waals surface area contributed by atoms with Crippen molar-refractivity contribution < 1.29 is 36.8 Å². The average Bonchev–Trinajstić information content (AvgIpc) is 3.31. The van der Waals surface area contributed by atoms with E-state index in [-0.39, 0.29) is 25.5 Å². The molecule has 0 saturated heterocycles. The van der Waals surface area contributed by atoms with Gasteiger partial charge in [-0.05, 0) is 30.5 Å². The zero-order valence-electron chi connectivity index (χ0n) is 19.9. The molecule has 0 bridgehead atoms. The van der Waals surface area contributed by atoms with Gasteiger partial charge >= 0.3 is 18.1 Å². The van der Waals surface area contributed by atoms with E-state index in [0.29, 0.717) is 12.2 Å². The lowest BCUT2D eigenvalue weighted by molar-refractivity contribution is -0.202. The lowest BCUT2D eigenvalue weighted by Gasteiger charge is -2.15. The molecule has 1 atom stereocenters. The second kappa shape index (κ2) is 14.1. The third-order valence-corrected chi connectivity index (χ3v) is 5.13. The first-order valence-electron chi connectivity index (χ1n) is 11.7. The highest BCUT2D eigenvalue weighted by atomic mass is 19.4. The molecule has 1 aromatic carbocycles. The summed E-state index contributed by atoms with van der Waals surface area (Å²) in [4.78, 5) is 31.5. The van der Waals surface area contributed by atoms with Crippen LogP contribution < -0.4 is 5.32 Å². The maximum absolute atomic E-state index is 12.4. The van der Waals surface area contributed by atoms with Crippen molar-refractivity contribution in [3.63, 3.8) is 0 Å². The molecule has 3 aromatic rings. The Bertz CT molecular complexity index is 1110. The van der Waals surface area contributed by atoms with Crippen LogP contribution in [0.15, 0.2) is 59.3 Å². The molecule has 0 aliphatic heterocycles. The number of carbonyl (C=O) groups excluding carboxylic acids is 2. The van der Waals surface area contributed by atoms with Gasteiger partial charge < -0.3 is 19.3 Å². The number of ether oxygens (including phenoxy) is 2. The summed E-state index contributed by atoms with van der Waals surface area (Å²) in [5, 5.41) is 7.14. The van der Waals surface area contributed by atoms with Crippen LogP contribution in [0.3, 0.4) is 0 Å². The third kappa shape index (κ3) is 10.4. The number of unbranched alkanes of at least 4 members (excludes halogenated alkanes) is 1. The van der Waals surface area contributed by atoms with E-state index in [2.05, 4.69) is 25.2 Å². The fourth-order valence-corrected chi connectivity index (χ4v) is 3.36.